The van der Waals surface area contributed by atoms with Crippen molar-refractivity contribution >= 4 is 7.82 Å². The Morgan fingerprint density at radius 3 is 2.90 bits per heavy atom. The molecule has 1 aromatic heterocycles. The zero-order valence-corrected chi connectivity index (χ0v) is 11.1. The molecule has 5 atom stereocenters. The Bertz CT molecular complexity index is 731. The smallest absolute Gasteiger partial charge is 0.386 e. The van der Waals surface area contributed by atoms with Gasteiger partial charge in [-0.25, -0.2) is 9.36 Å². The third-order valence-electron chi connectivity index (χ3n) is 3.16. The van der Waals surface area contributed by atoms with Crippen molar-refractivity contribution in [1.29, 1.82) is 0 Å². The largest absolute Gasteiger partial charge is 0.472 e. The van der Waals surface area contributed by atoms with E-state index in [-0.39, 0.29) is 6.61 Å². The van der Waals surface area contributed by atoms with Gasteiger partial charge in [0.05, 0.1) is 12.8 Å². The molecule has 1 unspecified atom stereocenters. The number of nitrogens with one attached hydrogen (secondary N) is 1. The molecule has 2 aliphatic heterocycles. The number of nitrogens with zero attached hydrogens (tertiary/aromatic N) is 1. The van der Waals surface area contributed by atoms with Crippen LogP contribution >= 0.6 is 7.82 Å². The van der Waals surface area contributed by atoms with Gasteiger partial charge in [-0.2, -0.15) is 4.39 Å². The molecule has 0 aromatic carbocycles. The molecule has 0 aliphatic carbocycles. The van der Waals surface area contributed by atoms with Crippen molar-refractivity contribution in [3.05, 3.63) is 32.9 Å². The number of hydrogen-bond donors (Lipinski definition) is 3. The lowest BCUT2D eigenvalue weighted by atomic mass is 10.1. The molecule has 2 aliphatic rings. The molecule has 1 aromatic rings. The first-order chi connectivity index (χ1) is 9.78. The molecule has 2 fully saturated rings. The lowest BCUT2D eigenvalue weighted by Crippen LogP contribution is -2.40. The average molecular weight is 324 g/mol. The van der Waals surface area contributed by atoms with Crippen molar-refractivity contribution in [1.82, 2.24) is 9.55 Å². The quantitative estimate of drug-likeness (QED) is 0.527. The Labute approximate surface area is 115 Å². The van der Waals surface area contributed by atoms with Crippen LogP contribution in [0.25, 0.3) is 0 Å². The van der Waals surface area contributed by atoms with Crippen LogP contribution in [0.2, 0.25) is 0 Å². The second-order valence-electron chi connectivity index (χ2n) is 4.53. The monoisotopic (exact) mass is 324 g/mol. The molecular weight excluding hydrogens is 314 g/mol. The molecule has 3 heterocycles. The van der Waals surface area contributed by atoms with E-state index in [9.17, 15) is 28.5 Å². The van der Waals surface area contributed by atoms with Crippen molar-refractivity contribution in [2.45, 2.75) is 24.5 Å². The molecule has 3 N–H and O–H groups in total. The molecule has 12 heteroatoms. The number of aliphatic hydroxyl groups excluding tert-OH is 1. The van der Waals surface area contributed by atoms with Crippen molar-refractivity contribution in [2.75, 3.05) is 6.61 Å². The van der Waals surface area contributed by atoms with Gasteiger partial charge in [0.15, 0.2) is 6.23 Å². The Hall–Kier alpha value is -1.36. The molecule has 0 spiro atoms. The van der Waals surface area contributed by atoms with Gasteiger partial charge in [-0.1, -0.05) is 0 Å². The number of aliphatic hydroxyl groups is 1. The van der Waals surface area contributed by atoms with Gasteiger partial charge in [-0.05, 0) is 0 Å². The molecule has 10 nitrogen and oxygen atoms in total. The number of phosphoric acid groups is 1. The van der Waals surface area contributed by atoms with Gasteiger partial charge in [-0.3, -0.25) is 23.4 Å². The topological polar surface area (TPSA) is 140 Å². The van der Waals surface area contributed by atoms with E-state index in [1.54, 1.807) is 4.98 Å². The fraction of sp³-hybridized carbons (Fsp3) is 0.556. The second kappa shape index (κ2) is 4.83. The minimum atomic E-state index is -4.30. The van der Waals surface area contributed by atoms with Crippen LogP contribution in [0, 0.1) is 5.82 Å². The second-order valence-corrected chi connectivity index (χ2v) is 5.94. The highest BCUT2D eigenvalue weighted by Gasteiger charge is 2.52. The van der Waals surface area contributed by atoms with Crippen LogP contribution in [-0.2, 0) is 18.3 Å². The lowest BCUT2D eigenvalue weighted by Gasteiger charge is -2.27. The van der Waals surface area contributed by atoms with E-state index in [1.165, 1.54) is 0 Å². The Balaban J connectivity index is 1.95. The highest BCUT2D eigenvalue weighted by Crippen LogP contribution is 2.52. The van der Waals surface area contributed by atoms with E-state index in [2.05, 4.69) is 9.05 Å². The van der Waals surface area contributed by atoms with Crippen LogP contribution in [0.3, 0.4) is 0 Å². The summed E-state index contributed by atoms with van der Waals surface area (Å²) in [5.74, 6) is -1.25. The summed E-state index contributed by atoms with van der Waals surface area (Å²) in [5, 5.41) is 10.0. The van der Waals surface area contributed by atoms with Crippen LogP contribution in [-0.4, -0.2) is 44.5 Å². The zero-order valence-electron chi connectivity index (χ0n) is 10.2. The number of aromatic nitrogens is 2. The van der Waals surface area contributed by atoms with Gasteiger partial charge in [0.25, 0.3) is 5.56 Å². The third kappa shape index (κ3) is 2.48. The maximum atomic E-state index is 13.3. The Kier molecular flexibility index (Phi) is 3.35. The van der Waals surface area contributed by atoms with Gasteiger partial charge < -0.3 is 14.7 Å². The highest BCUT2D eigenvalue weighted by atomic mass is 31.2. The Morgan fingerprint density at radius 1 is 1.48 bits per heavy atom. The molecule has 21 heavy (non-hydrogen) atoms. The van der Waals surface area contributed by atoms with Crippen molar-refractivity contribution in [2.24, 2.45) is 0 Å². The number of aromatic amines is 1. The molecule has 0 radical (unpaired) electrons. The first kappa shape index (κ1) is 14.6. The van der Waals surface area contributed by atoms with Gasteiger partial charge >= 0.3 is 13.5 Å². The summed E-state index contributed by atoms with van der Waals surface area (Å²) < 4.78 is 39.7. The van der Waals surface area contributed by atoms with Crippen LogP contribution < -0.4 is 11.2 Å². The van der Waals surface area contributed by atoms with Gasteiger partial charge in [0.1, 0.15) is 18.3 Å². The van der Waals surface area contributed by atoms with Gasteiger partial charge in [-0.15, -0.1) is 0 Å². The first-order valence-corrected chi connectivity index (χ1v) is 7.28. The standard InChI is InChI=1S/C9H10FN2O8P/c10-3-1-12(9(15)11-7(3)14)8-5(13)6-4(19-8)2-18-21(16,17)20-6/h1,4-6,8,13H,2H2,(H,16,17)(H,11,14,15)/t4-,5-,6+,8-/m1/s1. The molecule has 0 saturated carbocycles. The summed E-state index contributed by atoms with van der Waals surface area (Å²) >= 11 is 0. The first-order valence-electron chi connectivity index (χ1n) is 5.79. The summed E-state index contributed by atoms with van der Waals surface area (Å²) in [6, 6.07) is 0. The Morgan fingerprint density at radius 2 is 2.19 bits per heavy atom. The van der Waals surface area contributed by atoms with Crippen LogP contribution in [0.5, 0.6) is 0 Å². The zero-order chi connectivity index (χ0) is 15.4. The molecule has 3 rings (SSSR count). The van der Waals surface area contributed by atoms with Crippen LogP contribution in [0.4, 0.5) is 4.39 Å². The molecule has 0 amide bonds. The summed E-state index contributed by atoms with van der Waals surface area (Å²) in [5.41, 5.74) is -2.21. The number of phosphoric ester groups is 1. The van der Waals surface area contributed by atoms with E-state index in [1.807, 2.05) is 0 Å². The summed E-state index contributed by atoms with van der Waals surface area (Å²) in [4.78, 5) is 33.5. The molecule has 0 bridgehead atoms. The number of ether oxygens (including phenoxy) is 1. The van der Waals surface area contributed by atoms with Gasteiger partial charge in [0.2, 0.25) is 5.82 Å². The van der Waals surface area contributed by atoms with E-state index < -0.39 is 49.4 Å². The van der Waals surface area contributed by atoms with Crippen molar-refractivity contribution in [3.8, 4) is 0 Å². The summed E-state index contributed by atoms with van der Waals surface area (Å²) in [6.45, 7) is -0.341. The lowest BCUT2D eigenvalue weighted by molar-refractivity contribution is -0.0687. The third-order valence-corrected chi connectivity index (χ3v) is 4.15. The van der Waals surface area contributed by atoms with Crippen molar-refractivity contribution in [3.63, 3.8) is 0 Å². The number of hydrogen-bond acceptors (Lipinski definition) is 7. The number of rotatable bonds is 1. The molecular formula is C9H10FN2O8P. The summed E-state index contributed by atoms with van der Waals surface area (Å²) in [6.07, 6.45) is -4.48. The predicted octanol–water partition coefficient (Wildman–Crippen LogP) is -1.55. The maximum Gasteiger partial charge on any atom is 0.472 e. The predicted molar refractivity (Wildman–Crippen MR) is 61.8 cm³/mol. The minimum Gasteiger partial charge on any atom is -0.386 e. The number of halogens is 1. The fourth-order valence-electron chi connectivity index (χ4n) is 2.22. The normalized spacial score (nSPS) is 39.2. The van der Waals surface area contributed by atoms with Crippen molar-refractivity contribution < 1.29 is 32.7 Å². The summed E-state index contributed by atoms with van der Waals surface area (Å²) in [7, 11) is -4.30. The van der Waals surface area contributed by atoms with E-state index in [0.717, 1.165) is 0 Å². The van der Waals surface area contributed by atoms with Crippen LogP contribution in [0.15, 0.2) is 15.8 Å². The SMILES string of the molecule is O=c1[nH]c(=O)n([C@@H]2O[C@@H]3COP(=O)(O)O[C@@H]3[C@H]2O)cc1F. The van der Waals surface area contributed by atoms with E-state index in [0.29, 0.717) is 10.8 Å². The molecule has 2 saturated heterocycles. The minimum absolute atomic E-state index is 0.341. The number of fused-ring (bicyclic) bond motifs is 1. The van der Waals surface area contributed by atoms with Crippen LogP contribution in [0.1, 0.15) is 6.23 Å². The van der Waals surface area contributed by atoms with Gasteiger partial charge in [0, 0.05) is 0 Å². The number of H-pyrrole nitrogens is 1. The van der Waals surface area contributed by atoms with E-state index >= 15 is 0 Å². The van der Waals surface area contributed by atoms with E-state index in [4.69, 9.17) is 4.74 Å². The maximum absolute atomic E-state index is 13.3. The highest BCUT2D eigenvalue weighted by molar-refractivity contribution is 7.47. The average Bonchev–Trinajstić information content (AvgIpc) is 2.70. The molecule has 116 valence electrons. The fourth-order valence-corrected chi connectivity index (χ4v) is 3.18.